The highest BCUT2D eigenvalue weighted by Gasteiger charge is 2.41. The topological polar surface area (TPSA) is 103 Å². The number of anilines is 2. The lowest BCUT2D eigenvalue weighted by molar-refractivity contribution is -0.118. The standard InChI is InChI=1S/C32H37N3O6.2C2H6/c1-33-25-19-29(28(40-2)17-23(25)31(38)35-14-8-11-24(35)32(33)39)41-16-7-3-4-12-30(37)34-15-13-21-20-9-5-6-10-22(20)27(36)18-26(21)34;2*1-2/h5-6,9-10,17-19,24,32,36,39H,3-4,7-8,11-16H2,1-2H3;2*1-2H3/t24-,32?;;/m0../s1. The van der Waals surface area contributed by atoms with E-state index in [0.29, 0.717) is 48.9 Å². The molecule has 0 aromatic heterocycles. The van der Waals surface area contributed by atoms with Crippen LogP contribution in [0.1, 0.15) is 82.1 Å². The summed E-state index contributed by atoms with van der Waals surface area (Å²) in [5, 5.41) is 23.3. The first kappa shape index (κ1) is 33.9. The van der Waals surface area contributed by atoms with Crippen LogP contribution in [-0.2, 0) is 11.2 Å². The molecule has 9 nitrogen and oxygen atoms in total. The molecule has 3 heterocycles. The number of methoxy groups -OCH3 is 1. The van der Waals surface area contributed by atoms with Gasteiger partial charge in [0.15, 0.2) is 11.5 Å². The van der Waals surface area contributed by atoms with Gasteiger partial charge in [0.2, 0.25) is 5.91 Å². The molecular weight excluding hydrogens is 570 g/mol. The zero-order chi connectivity index (χ0) is 32.7. The summed E-state index contributed by atoms with van der Waals surface area (Å²) in [6.07, 6.45) is 4.39. The Morgan fingerprint density at radius 2 is 1.69 bits per heavy atom. The third-order valence-corrected chi connectivity index (χ3v) is 8.77. The number of aliphatic hydroxyl groups is 1. The van der Waals surface area contributed by atoms with Gasteiger partial charge in [0.1, 0.15) is 12.0 Å². The third kappa shape index (κ3) is 6.69. The summed E-state index contributed by atoms with van der Waals surface area (Å²) in [7, 11) is 3.35. The summed E-state index contributed by atoms with van der Waals surface area (Å²) in [5.41, 5.74) is 3.07. The number of nitrogens with zero attached hydrogens (tertiary/aromatic N) is 3. The number of amides is 2. The minimum Gasteiger partial charge on any atom is -0.507 e. The van der Waals surface area contributed by atoms with Crippen molar-refractivity contribution in [1.82, 2.24) is 4.90 Å². The molecule has 3 aliphatic heterocycles. The quantitative estimate of drug-likeness (QED) is 0.277. The maximum absolute atomic E-state index is 13.3. The lowest BCUT2D eigenvalue weighted by atomic mass is 10.0. The molecule has 2 atom stereocenters. The second-order valence-corrected chi connectivity index (χ2v) is 11.1. The van der Waals surface area contributed by atoms with Gasteiger partial charge in [-0.1, -0.05) is 52.0 Å². The summed E-state index contributed by atoms with van der Waals surface area (Å²) in [6.45, 7) is 9.71. The SMILES string of the molecule is CC.CC.COc1cc2c(cc1OCCCCCC(=O)N1CCc3c1cc(O)c1ccccc31)N(C)C(O)[C@@H]1CCCN1C2=O. The van der Waals surface area contributed by atoms with Gasteiger partial charge in [-0.2, -0.15) is 0 Å². The molecule has 3 aromatic carbocycles. The van der Waals surface area contributed by atoms with Crippen molar-refractivity contribution < 1.29 is 29.3 Å². The van der Waals surface area contributed by atoms with E-state index >= 15 is 0 Å². The number of hydrogen-bond acceptors (Lipinski definition) is 7. The molecule has 2 N–H and O–H groups in total. The van der Waals surface area contributed by atoms with E-state index in [0.717, 1.165) is 60.5 Å². The van der Waals surface area contributed by atoms with Crippen LogP contribution in [0.3, 0.4) is 0 Å². The summed E-state index contributed by atoms with van der Waals surface area (Å²) in [6, 6.07) is 12.8. The minimum atomic E-state index is -0.785. The van der Waals surface area contributed by atoms with Gasteiger partial charge in [-0.05, 0) is 55.5 Å². The molecular formula is C36H49N3O6. The van der Waals surface area contributed by atoms with E-state index in [4.69, 9.17) is 9.47 Å². The average Bonchev–Trinajstić information content (AvgIpc) is 3.73. The van der Waals surface area contributed by atoms with Crippen molar-refractivity contribution in [2.24, 2.45) is 0 Å². The molecule has 0 saturated carbocycles. The number of phenolic OH excluding ortho intramolecular Hbond substituents is 1. The Morgan fingerprint density at radius 3 is 2.42 bits per heavy atom. The van der Waals surface area contributed by atoms with Crippen molar-refractivity contribution in [2.45, 2.75) is 84.9 Å². The summed E-state index contributed by atoms with van der Waals surface area (Å²) < 4.78 is 11.6. The van der Waals surface area contributed by atoms with Crippen molar-refractivity contribution >= 4 is 34.0 Å². The summed E-state index contributed by atoms with van der Waals surface area (Å²) in [4.78, 5) is 31.6. The molecule has 9 heteroatoms. The molecule has 0 aliphatic carbocycles. The molecule has 0 bridgehead atoms. The van der Waals surface area contributed by atoms with Gasteiger partial charge in [0.25, 0.3) is 5.91 Å². The van der Waals surface area contributed by atoms with Crippen molar-refractivity contribution in [3.05, 3.63) is 53.6 Å². The number of carbonyl (C=O) groups excluding carboxylic acids is 2. The van der Waals surface area contributed by atoms with Crippen molar-refractivity contribution in [2.75, 3.05) is 43.7 Å². The van der Waals surface area contributed by atoms with Crippen LogP contribution >= 0.6 is 0 Å². The van der Waals surface area contributed by atoms with Gasteiger partial charge < -0.3 is 34.4 Å². The van der Waals surface area contributed by atoms with Crippen LogP contribution in [0.15, 0.2) is 42.5 Å². The largest absolute Gasteiger partial charge is 0.507 e. The molecule has 0 spiro atoms. The predicted octanol–water partition coefficient (Wildman–Crippen LogP) is 6.51. The van der Waals surface area contributed by atoms with Crippen LogP contribution in [0.2, 0.25) is 0 Å². The fourth-order valence-electron chi connectivity index (χ4n) is 6.58. The Labute approximate surface area is 267 Å². The van der Waals surface area contributed by atoms with Gasteiger partial charge in [0.05, 0.1) is 36.7 Å². The number of rotatable bonds is 8. The molecule has 3 aliphatic rings. The Kier molecular flexibility index (Phi) is 11.6. The van der Waals surface area contributed by atoms with Crippen LogP contribution in [-0.4, -0.2) is 73.1 Å². The Bertz CT molecular complexity index is 1490. The first-order chi connectivity index (χ1) is 21.9. The van der Waals surface area contributed by atoms with E-state index in [1.807, 2.05) is 52.0 Å². The number of fused-ring (bicyclic) bond motifs is 5. The van der Waals surface area contributed by atoms with E-state index in [9.17, 15) is 19.8 Å². The Balaban J connectivity index is 0.00000111. The second-order valence-electron chi connectivity index (χ2n) is 11.1. The molecule has 1 saturated heterocycles. The average molecular weight is 620 g/mol. The molecule has 2 amide bonds. The Hall–Kier alpha value is -3.98. The second kappa shape index (κ2) is 15.3. The number of carbonyl (C=O) groups is 2. The lowest BCUT2D eigenvalue weighted by Gasteiger charge is -2.31. The molecule has 0 radical (unpaired) electrons. The van der Waals surface area contributed by atoms with E-state index in [2.05, 4.69) is 0 Å². The normalized spacial score (nSPS) is 18.2. The zero-order valence-corrected chi connectivity index (χ0v) is 27.6. The smallest absolute Gasteiger partial charge is 0.256 e. The number of phenols is 1. The highest BCUT2D eigenvalue weighted by atomic mass is 16.5. The monoisotopic (exact) mass is 619 g/mol. The summed E-state index contributed by atoms with van der Waals surface area (Å²) in [5.74, 6) is 1.19. The molecule has 1 fully saturated rings. The van der Waals surface area contributed by atoms with Gasteiger partial charge in [-0.15, -0.1) is 0 Å². The number of aliphatic hydroxyl groups excluding tert-OH is 1. The Morgan fingerprint density at radius 1 is 0.956 bits per heavy atom. The number of likely N-dealkylation sites (N-methyl/N-ethyl adjacent to an activating group) is 1. The number of unbranched alkanes of at least 4 members (excludes halogenated alkanes) is 2. The first-order valence-corrected chi connectivity index (χ1v) is 16.5. The number of aromatic hydroxyl groups is 1. The lowest BCUT2D eigenvalue weighted by Crippen LogP contribution is -2.47. The van der Waals surface area contributed by atoms with Gasteiger partial charge >= 0.3 is 0 Å². The van der Waals surface area contributed by atoms with Crippen LogP contribution in [0.4, 0.5) is 11.4 Å². The highest BCUT2D eigenvalue weighted by Crippen LogP contribution is 2.41. The van der Waals surface area contributed by atoms with E-state index < -0.39 is 6.23 Å². The first-order valence-electron chi connectivity index (χ1n) is 16.5. The maximum atomic E-state index is 13.3. The van der Waals surface area contributed by atoms with Crippen molar-refractivity contribution in [1.29, 1.82) is 0 Å². The molecule has 6 rings (SSSR count). The maximum Gasteiger partial charge on any atom is 0.256 e. The van der Waals surface area contributed by atoms with Crippen LogP contribution in [0, 0.1) is 0 Å². The summed E-state index contributed by atoms with van der Waals surface area (Å²) >= 11 is 0. The zero-order valence-electron chi connectivity index (χ0n) is 27.6. The fraction of sp³-hybridized carbons (Fsp3) is 0.500. The van der Waals surface area contributed by atoms with Crippen LogP contribution in [0.5, 0.6) is 17.2 Å². The number of ether oxygens (including phenoxy) is 2. The van der Waals surface area contributed by atoms with Crippen LogP contribution in [0.25, 0.3) is 10.8 Å². The molecule has 1 unspecified atom stereocenters. The molecule has 3 aromatic rings. The third-order valence-electron chi connectivity index (χ3n) is 8.77. The highest BCUT2D eigenvalue weighted by molar-refractivity contribution is 6.03. The molecule has 244 valence electrons. The van der Waals surface area contributed by atoms with Gasteiger partial charge in [-0.25, -0.2) is 0 Å². The van der Waals surface area contributed by atoms with E-state index in [1.165, 1.54) is 0 Å². The molecule has 45 heavy (non-hydrogen) atoms. The van der Waals surface area contributed by atoms with E-state index in [1.54, 1.807) is 47.1 Å². The minimum absolute atomic E-state index is 0.0681. The van der Waals surface area contributed by atoms with Gasteiger partial charge in [0, 0.05) is 44.1 Å². The predicted molar refractivity (Wildman–Crippen MR) is 180 cm³/mol. The number of hydrogen-bond donors (Lipinski definition) is 2. The van der Waals surface area contributed by atoms with Gasteiger partial charge in [-0.3, -0.25) is 9.59 Å². The van der Waals surface area contributed by atoms with Crippen molar-refractivity contribution in [3.8, 4) is 17.2 Å². The van der Waals surface area contributed by atoms with Crippen LogP contribution < -0.4 is 19.3 Å². The van der Waals surface area contributed by atoms with E-state index in [-0.39, 0.29) is 23.6 Å². The fourth-order valence-corrected chi connectivity index (χ4v) is 6.58. The van der Waals surface area contributed by atoms with Crippen molar-refractivity contribution in [3.63, 3.8) is 0 Å². The number of benzene rings is 3.